The van der Waals surface area contributed by atoms with E-state index in [1.807, 2.05) is 24.0 Å². The predicted molar refractivity (Wildman–Crippen MR) is 70.6 cm³/mol. The van der Waals surface area contributed by atoms with Crippen LogP contribution in [0.2, 0.25) is 0 Å². The van der Waals surface area contributed by atoms with Gasteiger partial charge in [0.05, 0.1) is 12.7 Å². The Bertz CT molecular complexity index is 439. The zero-order valence-corrected chi connectivity index (χ0v) is 11.7. The number of halogens is 1. The highest BCUT2D eigenvalue weighted by molar-refractivity contribution is 9.10. The maximum atomic E-state index is 12.3. The van der Waals surface area contributed by atoms with Crippen LogP contribution < -0.4 is 4.74 Å². The van der Waals surface area contributed by atoms with E-state index in [2.05, 4.69) is 15.9 Å². The van der Waals surface area contributed by atoms with E-state index in [0.29, 0.717) is 0 Å². The molecule has 0 atom stereocenters. The molecule has 3 nitrogen and oxygen atoms in total. The Balaban J connectivity index is 2.31. The van der Waals surface area contributed by atoms with E-state index >= 15 is 0 Å². The minimum absolute atomic E-state index is 0.111. The number of likely N-dealkylation sites (tertiary alicyclic amines) is 1. The van der Waals surface area contributed by atoms with Gasteiger partial charge in [0, 0.05) is 17.6 Å². The molecule has 0 radical (unpaired) electrons. The van der Waals surface area contributed by atoms with Crippen molar-refractivity contribution < 1.29 is 9.53 Å². The van der Waals surface area contributed by atoms with Crippen LogP contribution in [0.15, 0.2) is 16.6 Å². The van der Waals surface area contributed by atoms with Crippen LogP contribution in [0.4, 0.5) is 0 Å². The first-order chi connectivity index (χ1) is 8.13. The fraction of sp³-hybridized carbons (Fsp3) is 0.462. The van der Waals surface area contributed by atoms with E-state index in [0.717, 1.165) is 47.3 Å². The molecule has 1 heterocycles. The van der Waals surface area contributed by atoms with Crippen molar-refractivity contribution in [3.8, 4) is 5.75 Å². The summed E-state index contributed by atoms with van der Waals surface area (Å²) >= 11 is 3.44. The van der Waals surface area contributed by atoms with E-state index in [1.165, 1.54) is 0 Å². The molecule has 0 spiro atoms. The molecule has 92 valence electrons. The van der Waals surface area contributed by atoms with Gasteiger partial charge < -0.3 is 9.64 Å². The highest BCUT2D eigenvalue weighted by Crippen LogP contribution is 2.28. The number of amides is 1. The van der Waals surface area contributed by atoms with Crippen LogP contribution in [0.25, 0.3) is 0 Å². The number of methoxy groups -OCH3 is 1. The maximum Gasteiger partial charge on any atom is 0.255 e. The number of hydrogen-bond donors (Lipinski definition) is 0. The van der Waals surface area contributed by atoms with Gasteiger partial charge in [0.15, 0.2) is 0 Å². The molecule has 1 aliphatic rings. The molecule has 1 amide bonds. The van der Waals surface area contributed by atoms with E-state index < -0.39 is 0 Å². The number of carbonyl (C=O) groups is 1. The summed E-state index contributed by atoms with van der Waals surface area (Å²) in [6.45, 7) is 3.69. The van der Waals surface area contributed by atoms with Crippen LogP contribution >= 0.6 is 15.9 Å². The smallest absolute Gasteiger partial charge is 0.255 e. The summed E-state index contributed by atoms with van der Waals surface area (Å²) in [5.41, 5.74) is 1.71. The van der Waals surface area contributed by atoms with Crippen molar-refractivity contribution in [2.45, 2.75) is 19.8 Å². The van der Waals surface area contributed by atoms with Crippen molar-refractivity contribution in [3.63, 3.8) is 0 Å². The molecule has 0 unspecified atom stereocenters. The van der Waals surface area contributed by atoms with Crippen molar-refractivity contribution in [1.29, 1.82) is 0 Å². The topological polar surface area (TPSA) is 29.5 Å². The summed E-state index contributed by atoms with van der Waals surface area (Å²) in [7, 11) is 1.64. The number of ether oxygens (including phenoxy) is 1. The monoisotopic (exact) mass is 297 g/mol. The molecule has 0 aliphatic carbocycles. The van der Waals surface area contributed by atoms with Gasteiger partial charge in [-0.05, 0) is 53.4 Å². The first-order valence-corrected chi connectivity index (χ1v) is 6.56. The van der Waals surface area contributed by atoms with Crippen LogP contribution in [-0.4, -0.2) is 31.0 Å². The molecule has 2 rings (SSSR count). The van der Waals surface area contributed by atoms with Gasteiger partial charge in [-0.15, -0.1) is 0 Å². The molecule has 1 aromatic carbocycles. The lowest BCUT2D eigenvalue weighted by Gasteiger charge is -2.17. The molecule has 0 N–H and O–H groups in total. The van der Waals surface area contributed by atoms with Crippen molar-refractivity contribution in [2.75, 3.05) is 20.2 Å². The largest absolute Gasteiger partial charge is 0.496 e. The molecular formula is C13H16BrNO2. The summed E-state index contributed by atoms with van der Waals surface area (Å²) in [6.07, 6.45) is 2.22. The zero-order chi connectivity index (χ0) is 12.4. The van der Waals surface area contributed by atoms with Gasteiger partial charge in [-0.25, -0.2) is 0 Å². The van der Waals surface area contributed by atoms with Gasteiger partial charge in [0.25, 0.3) is 5.91 Å². The van der Waals surface area contributed by atoms with Gasteiger partial charge in [-0.3, -0.25) is 4.79 Å². The maximum absolute atomic E-state index is 12.3. The molecule has 17 heavy (non-hydrogen) atoms. The second kappa shape index (κ2) is 5.08. The first kappa shape index (κ1) is 12.4. The summed E-state index contributed by atoms with van der Waals surface area (Å²) in [4.78, 5) is 14.2. The third-order valence-electron chi connectivity index (χ3n) is 3.11. The Morgan fingerprint density at radius 3 is 2.59 bits per heavy atom. The quantitative estimate of drug-likeness (QED) is 0.840. The molecule has 4 heteroatoms. The number of benzene rings is 1. The zero-order valence-electron chi connectivity index (χ0n) is 10.1. The highest BCUT2D eigenvalue weighted by Gasteiger charge is 2.22. The summed E-state index contributed by atoms with van der Waals surface area (Å²) in [5, 5.41) is 0. The Morgan fingerprint density at radius 2 is 2.00 bits per heavy atom. The number of hydrogen-bond acceptors (Lipinski definition) is 2. The standard InChI is InChI=1S/C13H16BrNO2/c1-9-7-10(11(14)8-12(9)17-2)13(16)15-5-3-4-6-15/h7-8H,3-6H2,1-2H3. The van der Waals surface area contributed by atoms with E-state index in [4.69, 9.17) is 4.74 Å². The molecule has 0 saturated carbocycles. The molecule has 1 fully saturated rings. The predicted octanol–water partition coefficient (Wildman–Crippen LogP) is 3.00. The Hall–Kier alpha value is -1.03. The van der Waals surface area contributed by atoms with Crippen molar-refractivity contribution in [1.82, 2.24) is 4.90 Å². The summed E-state index contributed by atoms with van der Waals surface area (Å²) in [5.74, 6) is 0.912. The Labute approximate surface area is 110 Å². The SMILES string of the molecule is COc1cc(Br)c(C(=O)N2CCCC2)cc1C. The Kier molecular flexibility index (Phi) is 3.72. The number of carbonyl (C=O) groups excluding carboxylic acids is 1. The molecular weight excluding hydrogens is 282 g/mol. The third kappa shape index (κ3) is 2.46. The summed E-state index contributed by atoms with van der Waals surface area (Å²) in [6, 6.07) is 3.75. The van der Waals surface area contributed by atoms with Gasteiger partial charge in [0.2, 0.25) is 0 Å². The van der Waals surface area contributed by atoms with Crippen molar-refractivity contribution in [2.24, 2.45) is 0 Å². The van der Waals surface area contributed by atoms with Crippen molar-refractivity contribution >= 4 is 21.8 Å². The lowest BCUT2D eigenvalue weighted by Crippen LogP contribution is -2.28. The van der Waals surface area contributed by atoms with E-state index in [1.54, 1.807) is 7.11 Å². The minimum atomic E-state index is 0.111. The van der Waals surface area contributed by atoms with Crippen LogP contribution in [0.1, 0.15) is 28.8 Å². The lowest BCUT2D eigenvalue weighted by atomic mass is 10.1. The second-order valence-electron chi connectivity index (χ2n) is 4.30. The fourth-order valence-electron chi connectivity index (χ4n) is 2.14. The first-order valence-electron chi connectivity index (χ1n) is 5.77. The lowest BCUT2D eigenvalue weighted by molar-refractivity contribution is 0.0792. The van der Waals surface area contributed by atoms with Crippen LogP contribution in [0, 0.1) is 6.92 Å². The van der Waals surface area contributed by atoms with Crippen LogP contribution in [0.5, 0.6) is 5.75 Å². The minimum Gasteiger partial charge on any atom is -0.496 e. The van der Waals surface area contributed by atoms with E-state index in [9.17, 15) is 4.79 Å². The number of nitrogens with zero attached hydrogens (tertiary/aromatic N) is 1. The van der Waals surface area contributed by atoms with Gasteiger partial charge in [-0.1, -0.05) is 0 Å². The summed E-state index contributed by atoms with van der Waals surface area (Å²) < 4.78 is 6.03. The average molecular weight is 298 g/mol. The van der Waals surface area contributed by atoms with Crippen LogP contribution in [0.3, 0.4) is 0 Å². The normalized spacial score (nSPS) is 15.1. The highest BCUT2D eigenvalue weighted by atomic mass is 79.9. The van der Waals surface area contributed by atoms with E-state index in [-0.39, 0.29) is 5.91 Å². The molecule has 0 aromatic heterocycles. The van der Waals surface area contributed by atoms with Gasteiger partial charge >= 0.3 is 0 Å². The van der Waals surface area contributed by atoms with Crippen LogP contribution in [-0.2, 0) is 0 Å². The molecule has 1 aromatic rings. The second-order valence-corrected chi connectivity index (χ2v) is 5.16. The fourth-order valence-corrected chi connectivity index (χ4v) is 2.63. The van der Waals surface area contributed by atoms with Gasteiger partial charge in [-0.2, -0.15) is 0 Å². The van der Waals surface area contributed by atoms with Crippen molar-refractivity contribution in [3.05, 3.63) is 27.7 Å². The average Bonchev–Trinajstić information content (AvgIpc) is 2.84. The molecule has 0 bridgehead atoms. The number of aryl methyl sites for hydroxylation is 1. The number of rotatable bonds is 2. The van der Waals surface area contributed by atoms with Gasteiger partial charge in [0.1, 0.15) is 5.75 Å². The Morgan fingerprint density at radius 1 is 1.35 bits per heavy atom. The molecule has 1 aliphatic heterocycles. The molecule has 1 saturated heterocycles. The third-order valence-corrected chi connectivity index (χ3v) is 3.76.